The number of hydrogen-bond acceptors (Lipinski definition) is 3. The van der Waals surface area contributed by atoms with Gasteiger partial charge in [-0.3, -0.25) is 4.79 Å². The predicted molar refractivity (Wildman–Crippen MR) is 58.4 cm³/mol. The van der Waals surface area contributed by atoms with Crippen LogP contribution in [0.3, 0.4) is 0 Å². The Morgan fingerprint density at radius 1 is 1.64 bits per heavy atom. The second kappa shape index (κ2) is 5.81. The van der Waals surface area contributed by atoms with Gasteiger partial charge in [0, 0.05) is 0 Å². The van der Waals surface area contributed by atoms with Gasteiger partial charge >= 0.3 is 5.97 Å². The molecule has 0 aliphatic rings. The highest BCUT2D eigenvalue weighted by Crippen LogP contribution is 2.08. The van der Waals surface area contributed by atoms with Gasteiger partial charge < -0.3 is 4.74 Å². The Bertz CT molecular complexity index is 267. The van der Waals surface area contributed by atoms with E-state index in [1.165, 1.54) is 0 Å². The Morgan fingerprint density at radius 3 is 3.00 bits per heavy atom. The van der Waals surface area contributed by atoms with Crippen LogP contribution < -0.4 is 0 Å². The first-order valence-electron chi connectivity index (χ1n) is 4.89. The number of carbonyl (C=O) groups excluding carboxylic acids is 1. The van der Waals surface area contributed by atoms with Crippen molar-refractivity contribution in [2.45, 2.75) is 26.7 Å². The molecule has 0 bridgehead atoms. The van der Waals surface area contributed by atoms with E-state index < -0.39 is 0 Å². The van der Waals surface area contributed by atoms with Gasteiger partial charge in [0.25, 0.3) is 0 Å². The van der Waals surface area contributed by atoms with E-state index in [0.717, 1.165) is 12.0 Å². The summed E-state index contributed by atoms with van der Waals surface area (Å²) < 4.78 is 5.13. The summed E-state index contributed by atoms with van der Waals surface area (Å²) >= 11 is 1.60. The highest BCUT2D eigenvalue weighted by molar-refractivity contribution is 7.07. The molecule has 78 valence electrons. The lowest BCUT2D eigenvalue weighted by molar-refractivity contribution is -0.144. The molecule has 0 amide bonds. The summed E-state index contributed by atoms with van der Waals surface area (Å²) in [5.74, 6) is 0.338. The molecule has 1 aromatic rings. The molecule has 0 fully saturated rings. The molecule has 0 spiro atoms. The summed E-state index contributed by atoms with van der Waals surface area (Å²) in [6.07, 6.45) is 1.45. The van der Waals surface area contributed by atoms with Crippen molar-refractivity contribution in [2.75, 3.05) is 6.61 Å². The lowest BCUT2D eigenvalue weighted by Gasteiger charge is -2.08. The minimum Gasteiger partial charge on any atom is -0.465 e. The third-order valence-electron chi connectivity index (χ3n) is 2.15. The Balaban J connectivity index is 2.23. The fourth-order valence-electron chi connectivity index (χ4n) is 0.964. The predicted octanol–water partition coefficient (Wildman–Crippen LogP) is 2.88. The lowest BCUT2D eigenvalue weighted by Crippen LogP contribution is -2.13. The summed E-state index contributed by atoms with van der Waals surface area (Å²) in [6, 6.07) is 1.95. The van der Waals surface area contributed by atoms with Crippen molar-refractivity contribution in [3.8, 4) is 0 Å². The summed E-state index contributed by atoms with van der Waals surface area (Å²) in [7, 11) is 0. The molecule has 0 saturated heterocycles. The summed E-state index contributed by atoms with van der Waals surface area (Å²) in [6.45, 7) is 4.72. The van der Waals surface area contributed by atoms with Crippen molar-refractivity contribution < 1.29 is 9.53 Å². The standard InChI is InChI=1S/C11H16O2S/c1-3-9(2)7-13-11(12)6-10-4-5-14-8-10/h4-5,8-9H,3,6-7H2,1-2H3. The minimum absolute atomic E-state index is 0.122. The number of esters is 1. The Hall–Kier alpha value is -0.830. The summed E-state index contributed by atoms with van der Waals surface area (Å²) in [5.41, 5.74) is 1.05. The fourth-order valence-corrected chi connectivity index (χ4v) is 1.63. The molecule has 0 aliphatic carbocycles. The Morgan fingerprint density at radius 2 is 2.43 bits per heavy atom. The van der Waals surface area contributed by atoms with Gasteiger partial charge in [-0.25, -0.2) is 0 Å². The maximum atomic E-state index is 11.3. The number of thiophene rings is 1. The van der Waals surface area contributed by atoms with Crippen molar-refractivity contribution in [3.05, 3.63) is 22.4 Å². The second-order valence-corrected chi connectivity index (χ2v) is 4.28. The SMILES string of the molecule is CCC(C)COC(=O)Cc1ccsc1. The molecule has 0 aromatic carbocycles. The van der Waals surface area contributed by atoms with E-state index in [4.69, 9.17) is 4.74 Å². The molecule has 1 aromatic heterocycles. The van der Waals surface area contributed by atoms with Crippen LogP contribution in [0.15, 0.2) is 16.8 Å². The van der Waals surface area contributed by atoms with Crippen LogP contribution in [0.4, 0.5) is 0 Å². The van der Waals surface area contributed by atoms with Gasteiger partial charge in [0.1, 0.15) is 0 Å². The average molecular weight is 212 g/mol. The third kappa shape index (κ3) is 3.92. The minimum atomic E-state index is -0.122. The van der Waals surface area contributed by atoms with Crippen molar-refractivity contribution in [1.29, 1.82) is 0 Å². The second-order valence-electron chi connectivity index (χ2n) is 3.50. The van der Waals surface area contributed by atoms with Crippen LogP contribution in [-0.4, -0.2) is 12.6 Å². The van der Waals surface area contributed by atoms with Gasteiger partial charge in [0.05, 0.1) is 13.0 Å². The average Bonchev–Trinajstić information content (AvgIpc) is 2.66. The molecule has 0 aliphatic heterocycles. The van der Waals surface area contributed by atoms with E-state index in [1.54, 1.807) is 11.3 Å². The highest BCUT2D eigenvalue weighted by atomic mass is 32.1. The van der Waals surface area contributed by atoms with Crippen LogP contribution in [0.5, 0.6) is 0 Å². The highest BCUT2D eigenvalue weighted by Gasteiger charge is 2.07. The molecule has 1 atom stereocenters. The van der Waals surface area contributed by atoms with E-state index in [1.807, 2.05) is 16.8 Å². The normalized spacial score (nSPS) is 12.4. The number of hydrogen-bond donors (Lipinski definition) is 0. The monoisotopic (exact) mass is 212 g/mol. The van der Waals surface area contributed by atoms with Gasteiger partial charge in [0.15, 0.2) is 0 Å². The first kappa shape index (κ1) is 11.2. The molecule has 1 unspecified atom stereocenters. The van der Waals surface area contributed by atoms with E-state index in [0.29, 0.717) is 18.9 Å². The lowest BCUT2D eigenvalue weighted by atomic mass is 10.1. The number of ether oxygens (including phenoxy) is 1. The van der Waals surface area contributed by atoms with E-state index in [2.05, 4.69) is 13.8 Å². The Kier molecular flexibility index (Phi) is 4.66. The van der Waals surface area contributed by atoms with Gasteiger partial charge in [-0.15, -0.1) is 0 Å². The molecule has 1 rings (SSSR count). The van der Waals surface area contributed by atoms with E-state index in [9.17, 15) is 4.79 Å². The van der Waals surface area contributed by atoms with Crippen molar-refractivity contribution in [2.24, 2.45) is 5.92 Å². The molecule has 2 nitrogen and oxygen atoms in total. The number of carbonyl (C=O) groups is 1. The van der Waals surface area contributed by atoms with Gasteiger partial charge in [-0.1, -0.05) is 20.3 Å². The summed E-state index contributed by atoms with van der Waals surface area (Å²) in [4.78, 5) is 11.3. The maximum absolute atomic E-state index is 11.3. The number of rotatable bonds is 5. The first-order valence-corrected chi connectivity index (χ1v) is 5.83. The topological polar surface area (TPSA) is 26.3 Å². The zero-order valence-corrected chi connectivity index (χ0v) is 9.47. The zero-order valence-electron chi connectivity index (χ0n) is 8.66. The van der Waals surface area contributed by atoms with Crippen molar-refractivity contribution >= 4 is 17.3 Å². The van der Waals surface area contributed by atoms with Crippen LogP contribution in [0, 0.1) is 5.92 Å². The third-order valence-corrected chi connectivity index (χ3v) is 2.89. The van der Waals surface area contributed by atoms with E-state index in [-0.39, 0.29) is 5.97 Å². The van der Waals surface area contributed by atoms with Gasteiger partial charge in [0.2, 0.25) is 0 Å². The van der Waals surface area contributed by atoms with Crippen LogP contribution in [0.1, 0.15) is 25.8 Å². The molecule has 14 heavy (non-hydrogen) atoms. The van der Waals surface area contributed by atoms with Crippen LogP contribution in [-0.2, 0) is 16.0 Å². The quantitative estimate of drug-likeness (QED) is 0.701. The molecule has 0 N–H and O–H groups in total. The molecule has 0 saturated carbocycles. The van der Waals surface area contributed by atoms with Crippen LogP contribution in [0.25, 0.3) is 0 Å². The zero-order chi connectivity index (χ0) is 10.4. The summed E-state index contributed by atoms with van der Waals surface area (Å²) in [5, 5.41) is 3.95. The molecule has 0 radical (unpaired) electrons. The van der Waals surface area contributed by atoms with Crippen molar-refractivity contribution in [3.63, 3.8) is 0 Å². The van der Waals surface area contributed by atoms with Crippen LogP contribution in [0.2, 0.25) is 0 Å². The first-order chi connectivity index (χ1) is 6.72. The molecule has 3 heteroatoms. The fraction of sp³-hybridized carbons (Fsp3) is 0.545. The molecular weight excluding hydrogens is 196 g/mol. The Labute approximate surface area is 88.9 Å². The van der Waals surface area contributed by atoms with Gasteiger partial charge in [-0.05, 0) is 28.3 Å². The maximum Gasteiger partial charge on any atom is 0.310 e. The smallest absolute Gasteiger partial charge is 0.310 e. The van der Waals surface area contributed by atoms with Gasteiger partial charge in [-0.2, -0.15) is 11.3 Å². The van der Waals surface area contributed by atoms with E-state index >= 15 is 0 Å². The van der Waals surface area contributed by atoms with Crippen LogP contribution >= 0.6 is 11.3 Å². The largest absolute Gasteiger partial charge is 0.465 e. The van der Waals surface area contributed by atoms with Crippen molar-refractivity contribution in [1.82, 2.24) is 0 Å². The molecule has 1 heterocycles. The molecular formula is C11H16O2S.